The fourth-order valence-electron chi connectivity index (χ4n) is 2.75. The maximum absolute atomic E-state index is 12.2. The first-order chi connectivity index (χ1) is 12.2. The van der Waals surface area contributed by atoms with E-state index in [2.05, 4.69) is 15.5 Å². The molecule has 0 aromatic heterocycles. The predicted molar refractivity (Wildman–Crippen MR) is 99.3 cm³/mol. The number of methoxy groups -OCH3 is 1. The van der Waals surface area contributed by atoms with Crippen molar-refractivity contribution in [3.63, 3.8) is 0 Å². The minimum absolute atomic E-state index is 0.265. The largest absolute Gasteiger partial charge is 0.380 e. The Morgan fingerprint density at radius 1 is 1.08 bits per heavy atom. The lowest BCUT2D eigenvalue weighted by atomic mass is 10.2. The van der Waals surface area contributed by atoms with Crippen molar-refractivity contribution in [2.75, 3.05) is 48.9 Å². The summed E-state index contributed by atoms with van der Waals surface area (Å²) >= 11 is 0. The molecule has 0 unspecified atom stereocenters. The fourth-order valence-corrected chi connectivity index (χ4v) is 2.75. The van der Waals surface area contributed by atoms with Crippen molar-refractivity contribution >= 4 is 23.1 Å². The van der Waals surface area contributed by atoms with Crippen LogP contribution in [0, 0.1) is 0 Å². The first-order valence-electron chi connectivity index (χ1n) is 8.33. The van der Waals surface area contributed by atoms with Gasteiger partial charge in [0.2, 0.25) is 0 Å². The Morgan fingerprint density at radius 2 is 1.80 bits per heavy atom. The van der Waals surface area contributed by atoms with Gasteiger partial charge >= 0.3 is 6.03 Å². The van der Waals surface area contributed by atoms with E-state index in [0.717, 1.165) is 48.9 Å². The molecule has 132 valence electrons. The van der Waals surface area contributed by atoms with Crippen LogP contribution < -0.4 is 15.5 Å². The first kappa shape index (κ1) is 17.3. The Morgan fingerprint density at radius 3 is 2.52 bits per heavy atom. The van der Waals surface area contributed by atoms with Gasteiger partial charge in [-0.2, -0.15) is 0 Å². The van der Waals surface area contributed by atoms with Crippen molar-refractivity contribution in [3.05, 3.63) is 54.1 Å². The lowest BCUT2D eigenvalue weighted by Crippen LogP contribution is -2.36. The number of carbonyl (C=O) groups excluding carboxylic acids is 1. The molecule has 2 aromatic carbocycles. The summed E-state index contributed by atoms with van der Waals surface area (Å²) in [6.07, 6.45) is 0. The Bertz CT molecular complexity index is 697. The van der Waals surface area contributed by atoms with Crippen LogP contribution in [0.15, 0.2) is 48.5 Å². The van der Waals surface area contributed by atoms with Gasteiger partial charge in [-0.05, 0) is 35.9 Å². The monoisotopic (exact) mass is 341 g/mol. The van der Waals surface area contributed by atoms with E-state index in [-0.39, 0.29) is 6.03 Å². The average Bonchev–Trinajstić information content (AvgIpc) is 2.64. The van der Waals surface area contributed by atoms with Gasteiger partial charge in [0.05, 0.1) is 19.8 Å². The maximum atomic E-state index is 12.2. The van der Waals surface area contributed by atoms with Crippen LogP contribution in [0.3, 0.4) is 0 Å². The minimum Gasteiger partial charge on any atom is -0.380 e. The summed E-state index contributed by atoms with van der Waals surface area (Å²) in [5.41, 5.74) is 3.65. The van der Waals surface area contributed by atoms with Crippen LogP contribution in [0.5, 0.6) is 0 Å². The molecule has 1 heterocycles. The summed E-state index contributed by atoms with van der Waals surface area (Å²) < 4.78 is 10.5. The molecule has 2 amide bonds. The highest BCUT2D eigenvalue weighted by Crippen LogP contribution is 2.21. The lowest BCUT2D eigenvalue weighted by molar-refractivity contribution is 0.122. The van der Waals surface area contributed by atoms with Crippen molar-refractivity contribution in [1.82, 2.24) is 0 Å². The van der Waals surface area contributed by atoms with Gasteiger partial charge in [-0.25, -0.2) is 4.79 Å². The van der Waals surface area contributed by atoms with Crippen LogP contribution in [0.25, 0.3) is 0 Å². The third-order valence-corrected chi connectivity index (χ3v) is 4.00. The van der Waals surface area contributed by atoms with Gasteiger partial charge in [0.25, 0.3) is 0 Å². The maximum Gasteiger partial charge on any atom is 0.323 e. The number of hydrogen-bond donors (Lipinski definition) is 2. The van der Waals surface area contributed by atoms with Crippen molar-refractivity contribution in [1.29, 1.82) is 0 Å². The number of carbonyl (C=O) groups is 1. The zero-order chi connectivity index (χ0) is 17.5. The second-order valence-corrected chi connectivity index (χ2v) is 5.86. The molecular formula is C19H23N3O3. The first-order valence-corrected chi connectivity index (χ1v) is 8.33. The summed E-state index contributed by atoms with van der Waals surface area (Å²) in [6.45, 7) is 3.75. The zero-order valence-electron chi connectivity index (χ0n) is 14.3. The quantitative estimate of drug-likeness (QED) is 0.876. The number of hydrogen-bond acceptors (Lipinski definition) is 4. The van der Waals surface area contributed by atoms with E-state index in [1.54, 1.807) is 7.11 Å². The fraction of sp³-hybridized carbons (Fsp3) is 0.316. The zero-order valence-corrected chi connectivity index (χ0v) is 14.3. The van der Waals surface area contributed by atoms with Crippen LogP contribution >= 0.6 is 0 Å². The number of benzene rings is 2. The Kier molecular flexibility index (Phi) is 5.87. The Hall–Kier alpha value is -2.57. The van der Waals surface area contributed by atoms with Gasteiger partial charge in [0.1, 0.15) is 0 Å². The number of nitrogens with zero attached hydrogens (tertiary/aromatic N) is 1. The third-order valence-electron chi connectivity index (χ3n) is 4.00. The highest BCUT2D eigenvalue weighted by atomic mass is 16.5. The minimum atomic E-state index is -0.265. The topological polar surface area (TPSA) is 62.8 Å². The Balaban J connectivity index is 1.58. The van der Waals surface area contributed by atoms with Crippen LogP contribution in [0.4, 0.5) is 21.9 Å². The molecule has 2 N–H and O–H groups in total. The van der Waals surface area contributed by atoms with Crippen molar-refractivity contribution in [2.45, 2.75) is 6.61 Å². The summed E-state index contributed by atoms with van der Waals surface area (Å²) in [4.78, 5) is 14.5. The van der Waals surface area contributed by atoms with E-state index in [9.17, 15) is 4.79 Å². The van der Waals surface area contributed by atoms with E-state index in [4.69, 9.17) is 9.47 Å². The van der Waals surface area contributed by atoms with E-state index in [1.165, 1.54) is 0 Å². The molecule has 0 atom stereocenters. The number of nitrogens with one attached hydrogen (secondary N) is 2. The van der Waals surface area contributed by atoms with E-state index in [1.807, 2.05) is 48.5 Å². The highest BCUT2D eigenvalue weighted by Gasteiger charge is 2.12. The number of amides is 2. The average molecular weight is 341 g/mol. The van der Waals surface area contributed by atoms with E-state index in [0.29, 0.717) is 6.61 Å². The second-order valence-electron chi connectivity index (χ2n) is 5.86. The third kappa shape index (κ3) is 4.95. The van der Waals surface area contributed by atoms with Crippen LogP contribution in [-0.4, -0.2) is 39.4 Å². The number of anilines is 3. The molecule has 0 saturated carbocycles. The van der Waals surface area contributed by atoms with Gasteiger partial charge in [-0.3, -0.25) is 0 Å². The van der Waals surface area contributed by atoms with Gasteiger partial charge in [-0.1, -0.05) is 18.2 Å². The number of rotatable bonds is 5. The summed E-state index contributed by atoms with van der Waals surface area (Å²) in [6, 6.07) is 15.2. The van der Waals surface area contributed by atoms with Gasteiger partial charge in [-0.15, -0.1) is 0 Å². The number of urea groups is 1. The summed E-state index contributed by atoms with van der Waals surface area (Å²) in [7, 11) is 1.66. The standard InChI is InChI=1S/C19H23N3O3/c1-24-14-15-5-7-16(8-6-15)20-19(23)21-17-3-2-4-18(13-17)22-9-11-25-12-10-22/h2-8,13H,9-12,14H2,1H3,(H2,20,21,23). The van der Waals surface area contributed by atoms with Crippen molar-refractivity contribution in [2.24, 2.45) is 0 Å². The van der Waals surface area contributed by atoms with E-state index >= 15 is 0 Å². The molecule has 0 spiro atoms. The van der Waals surface area contributed by atoms with Gasteiger partial charge < -0.3 is 25.0 Å². The molecular weight excluding hydrogens is 318 g/mol. The molecule has 6 heteroatoms. The van der Waals surface area contributed by atoms with Crippen LogP contribution in [-0.2, 0) is 16.1 Å². The Labute approximate surface area is 147 Å². The SMILES string of the molecule is COCc1ccc(NC(=O)Nc2cccc(N3CCOCC3)c2)cc1. The smallest absolute Gasteiger partial charge is 0.323 e. The van der Waals surface area contributed by atoms with Crippen molar-refractivity contribution in [3.8, 4) is 0 Å². The van der Waals surface area contributed by atoms with Crippen LogP contribution in [0.1, 0.15) is 5.56 Å². The molecule has 1 saturated heterocycles. The molecule has 6 nitrogen and oxygen atoms in total. The molecule has 2 aromatic rings. The van der Waals surface area contributed by atoms with Gasteiger partial charge in [0, 0.05) is 37.3 Å². The summed E-state index contributed by atoms with van der Waals surface area (Å²) in [5, 5.41) is 5.71. The molecule has 0 aliphatic carbocycles. The number of ether oxygens (including phenoxy) is 2. The van der Waals surface area contributed by atoms with E-state index < -0.39 is 0 Å². The summed E-state index contributed by atoms with van der Waals surface area (Å²) in [5.74, 6) is 0. The lowest BCUT2D eigenvalue weighted by Gasteiger charge is -2.29. The molecule has 25 heavy (non-hydrogen) atoms. The predicted octanol–water partition coefficient (Wildman–Crippen LogP) is 3.31. The van der Waals surface area contributed by atoms with Crippen LogP contribution in [0.2, 0.25) is 0 Å². The van der Waals surface area contributed by atoms with Crippen molar-refractivity contribution < 1.29 is 14.3 Å². The molecule has 3 rings (SSSR count). The van der Waals surface area contributed by atoms with Gasteiger partial charge in [0.15, 0.2) is 0 Å². The molecule has 1 aliphatic heterocycles. The molecule has 1 aliphatic rings. The second kappa shape index (κ2) is 8.50. The highest BCUT2D eigenvalue weighted by molar-refractivity contribution is 6.00. The number of morpholine rings is 1. The molecule has 0 bridgehead atoms. The molecule has 1 fully saturated rings. The normalized spacial score (nSPS) is 14.2. The molecule has 0 radical (unpaired) electrons.